The minimum absolute atomic E-state index is 0.0103. The van der Waals surface area contributed by atoms with E-state index in [4.69, 9.17) is 4.74 Å². The fourth-order valence-corrected chi connectivity index (χ4v) is 2.95. The van der Waals surface area contributed by atoms with Crippen LogP contribution in [0.4, 0.5) is 13.2 Å². The molecule has 170 valence electrons. The molecule has 3 N–H and O–H groups in total. The number of hydrogen-bond acceptors (Lipinski definition) is 8. The van der Waals surface area contributed by atoms with Gasteiger partial charge in [0.1, 0.15) is 17.2 Å². The first-order chi connectivity index (χ1) is 15.7. The molecule has 3 aromatic heterocycles. The van der Waals surface area contributed by atoms with Crippen LogP contribution in [0.25, 0.3) is 11.7 Å². The summed E-state index contributed by atoms with van der Waals surface area (Å²) in [6.07, 6.45) is -0.209. The van der Waals surface area contributed by atoms with Gasteiger partial charge in [-0.05, 0) is 31.1 Å². The molecule has 0 bridgehead atoms. The third-order valence-corrected chi connectivity index (χ3v) is 4.49. The number of benzene rings is 1. The molecule has 0 amide bonds. The molecule has 33 heavy (non-hydrogen) atoms. The zero-order valence-corrected chi connectivity index (χ0v) is 16.5. The number of imidazole rings is 1. The first-order valence-corrected chi connectivity index (χ1v) is 9.60. The molecule has 1 saturated carbocycles. The highest BCUT2D eigenvalue weighted by Gasteiger charge is 2.31. The first-order valence-electron chi connectivity index (χ1n) is 9.60. The van der Waals surface area contributed by atoms with E-state index in [0.717, 1.165) is 25.0 Å². The zero-order chi connectivity index (χ0) is 23.2. The predicted molar refractivity (Wildman–Crippen MR) is 104 cm³/mol. The second-order valence-electron chi connectivity index (χ2n) is 7.11. The van der Waals surface area contributed by atoms with Gasteiger partial charge >= 0.3 is 18.1 Å². The van der Waals surface area contributed by atoms with Crippen LogP contribution in [0.1, 0.15) is 18.5 Å². The van der Waals surface area contributed by atoms with Crippen LogP contribution in [0.5, 0.6) is 23.4 Å². The maximum absolute atomic E-state index is 12.5. The highest BCUT2D eigenvalue weighted by molar-refractivity contribution is 5.56. The Morgan fingerprint density at radius 2 is 2.00 bits per heavy atom. The lowest BCUT2D eigenvalue weighted by molar-refractivity contribution is -0.274. The Hall–Kier alpha value is -4.36. The lowest BCUT2D eigenvalue weighted by atomic mass is 10.3. The van der Waals surface area contributed by atoms with Crippen molar-refractivity contribution in [3.05, 3.63) is 57.5 Å². The van der Waals surface area contributed by atoms with Gasteiger partial charge in [0.05, 0.1) is 12.2 Å². The minimum Gasteiger partial charge on any atom is -0.493 e. The van der Waals surface area contributed by atoms with Crippen LogP contribution >= 0.6 is 0 Å². The van der Waals surface area contributed by atoms with Crippen LogP contribution in [0.15, 0.2) is 40.2 Å². The van der Waals surface area contributed by atoms with Crippen LogP contribution < -0.4 is 26.0 Å². The van der Waals surface area contributed by atoms with Gasteiger partial charge in [-0.2, -0.15) is 19.6 Å². The number of alkyl halides is 3. The molecule has 1 fully saturated rings. The summed E-state index contributed by atoms with van der Waals surface area (Å²) in [7, 11) is 0. The number of nitrogens with zero attached hydrogens (tertiary/aromatic N) is 5. The van der Waals surface area contributed by atoms with E-state index in [1.807, 2.05) is 0 Å². The average Bonchev–Trinajstić information content (AvgIpc) is 3.36. The summed E-state index contributed by atoms with van der Waals surface area (Å²) in [5, 5.41) is 14.4. The molecular formula is C19H14F3N7O4. The lowest BCUT2D eigenvalue weighted by Gasteiger charge is -2.10. The van der Waals surface area contributed by atoms with Crippen molar-refractivity contribution >= 4 is 11.7 Å². The highest BCUT2D eigenvalue weighted by Crippen LogP contribution is 2.27. The summed E-state index contributed by atoms with van der Waals surface area (Å²) in [6.45, 7) is 0. The lowest BCUT2D eigenvalue weighted by Crippen LogP contribution is -2.23. The van der Waals surface area contributed by atoms with E-state index in [1.165, 1.54) is 28.9 Å². The summed E-state index contributed by atoms with van der Waals surface area (Å²) in [4.78, 5) is 29.0. The molecule has 0 unspecified atom stereocenters. The fraction of sp³-hybridized carbons (Fsp3) is 0.211. The van der Waals surface area contributed by atoms with Crippen LogP contribution in [0, 0.1) is 0 Å². The standard InChI is InChI=1S/C19H14F3N7O4/c20-19(21,22)33-12-3-1-2-11(7-12)32-18-26-14-9(6-13-15(30)27-17(31)25-13)8-23-29(14)16(28-18)24-10-4-5-10/h1-3,6-8,10,30H,4-5H2,(H2,25,27,31)/b9-6+,24-16?. The van der Waals surface area contributed by atoms with Crippen molar-refractivity contribution in [3.63, 3.8) is 0 Å². The summed E-state index contributed by atoms with van der Waals surface area (Å²) in [5.74, 6) is -0.820. The Bertz CT molecular complexity index is 1520. The molecule has 0 spiro atoms. The van der Waals surface area contributed by atoms with Crippen molar-refractivity contribution in [2.75, 3.05) is 0 Å². The SMILES string of the molecule is O=c1[nH]c(O)c(/C=c2\cnn3c(=NC4CC4)nc(Oc4cccc(OC(F)(F)F)c4)nc23)[nH]1. The van der Waals surface area contributed by atoms with Crippen molar-refractivity contribution in [2.24, 2.45) is 4.99 Å². The van der Waals surface area contributed by atoms with E-state index in [2.05, 4.69) is 34.8 Å². The quantitative estimate of drug-likeness (QED) is 0.405. The molecule has 0 aliphatic heterocycles. The molecule has 11 nitrogen and oxygen atoms in total. The molecule has 1 aromatic carbocycles. The Labute approximate surface area is 180 Å². The summed E-state index contributed by atoms with van der Waals surface area (Å²) >= 11 is 0. The molecule has 5 rings (SSSR count). The van der Waals surface area contributed by atoms with Gasteiger partial charge in [0.25, 0.3) is 5.62 Å². The van der Waals surface area contributed by atoms with Gasteiger partial charge in [-0.1, -0.05) is 6.07 Å². The molecule has 4 aromatic rings. The number of nitrogens with one attached hydrogen (secondary N) is 2. The first kappa shape index (κ1) is 20.5. The molecule has 1 aliphatic carbocycles. The van der Waals surface area contributed by atoms with E-state index in [-0.39, 0.29) is 40.6 Å². The largest absolute Gasteiger partial charge is 0.573 e. The number of rotatable bonds is 5. The maximum Gasteiger partial charge on any atom is 0.573 e. The van der Waals surface area contributed by atoms with E-state index in [9.17, 15) is 23.1 Å². The van der Waals surface area contributed by atoms with Crippen LogP contribution in [-0.4, -0.2) is 47.1 Å². The Balaban J connectivity index is 1.59. The number of halogens is 3. The van der Waals surface area contributed by atoms with Crippen LogP contribution in [0.3, 0.4) is 0 Å². The molecule has 3 heterocycles. The second kappa shape index (κ2) is 7.65. The number of ether oxygens (including phenoxy) is 2. The normalized spacial score (nSPS) is 15.4. The van der Waals surface area contributed by atoms with Crippen LogP contribution in [0.2, 0.25) is 0 Å². The molecule has 0 atom stereocenters. The predicted octanol–water partition coefficient (Wildman–Crippen LogP) is 1.15. The monoisotopic (exact) mass is 461 g/mol. The fourth-order valence-electron chi connectivity index (χ4n) is 2.95. The Kier molecular flexibility index (Phi) is 4.76. The van der Waals surface area contributed by atoms with Crippen LogP contribution in [-0.2, 0) is 0 Å². The number of aromatic nitrogens is 6. The van der Waals surface area contributed by atoms with Crippen molar-refractivity contribution in [2.45, 2.75) is 25.2 Å². The molecule has 1 aliphatic rings. The van der Waals surface area contributed by atoms with Crippen molar-refractivity contribution < 1.29 is 27.8 Å². The van der Waals surface area contributed by atoms with Gasteiger partial charge < -0.3 is 19.6 Å². The number of hydrogen-bond donors (Lipinski definition) is 3. The zero-order valence-electron chi connectivity index (χ0n) is 16.5. The van der Waals surface area contributed by atoms with Gasteiger partial charge in [-0.15, -0.1) is 13.2 Å². The van der Waals surface area contributed by atoms with E-state index < -0.39 is 17.8 Å². The van der Waals surface area contributed by atoms with Gasteiger partial charge in [0, 0.05) is 11.3 Å². The third kappa shape index (κ3) is 4.63. The summed E-state index contributed by atoms with van der Waals surface area (Å²) < 4.78 is 48.4. The van der Waals surface area contributed by atoms with Gasteiger partial charge in [-0.3, -0.25) is 4.98 Å². The van der Waals surface area contributed by atoms with E-state index in [1.54, 1.807) is 0 Å². The topological polar surface area (TPSA) is 143 Å². The molecule has 0 saturated heterocycles. The number of aromatic amines is 2. The number of fused-ring (bicyclic) bond motifs is 1. The number of aromatic hydroxyl groups is 1. The summed E-state index contributed by atoms with van der Waals surface area (Å²) in [6, 6.07) is 4.81. The van der Waals surface area contributed by atoms with Crippen molar-refractivity contribution in [3.8, 4) is 23.4 Å². The Morgan fingerprint density at radius 3 is 2.70 bits per heavy atom. The van der Waals surface area contributed by atoms with Crippen molar-refractivity contribution in [1.29, 1.82) is 0 Å². The minimum atomic E-state index is -4.85. The van der Waals surface area contributed by atoms with Crippen molar-refractivity contribution in [1.82, 2.24) is 29.5 Å². The average molecular weight is 461 g/mol. The molecule has 14 heteroatoms. The molecule has 0 radical (unpaired) electrons. The van der Waals surface area contributed by atoms with E-state index >= 15 is 0 Å². The van der Waals surface area contributed by atoms with Gasteiger partial charge in [-0.25, -0.2) is 9.79 Å². The summed E-state index contributed by atoms with van der Waals surface area (Å²) in [5.41, 5.74) is -0.0666. The highest BCUT2D eigenvalue weighted by atomic mass is 19.4. The Morgan fingerprint density at radius 1 is 1.21 bits per heavy atom. The molecular weight excluding hydrogens is 447 g/mol. The van der Waals surface area contributed by atoms with Gasteiger partial charge in [0.2, 0.25) is 5.88 Å². The maximum atomic E-state index is 12.5. The second-order valence-corrected chi connectivity index (χ2v) is 7.11. The number of H-pyrrole nitrogens is 2. The van der Waals surface area contributed by atoms with Gasteiger partial charge in [0.15, 0.2) is 5.65 Å². The third-order valence-electron chi connectivity index (χ3n) is 4.49. The van der Waals surface area contributed by atoms with E-state index in [0.29, 0.717) is 5.22 Å². The smallest absolute Gasteiger partial charge is 0.493 e.